The average Bonchev–Trinajstić information content (AvgIpc) is 2.93. The van der Waals surface area contributed by atoms with Gasteiger partial charge in [0, 0.05) is 36.2 Å². The summed E-state index contributed by atoms with van der Waals surface area (Å²) in [7, 11) is 0. The summed E-state index contributed by atoms with van der Waals surface area (Å²) < 4.78 is 0. The van der Waals surface area contributed by atoms with E-state index in [0.717, 1.165) is 19.6 Å². The molecule has 0 aromatic carbocycles. The third-order valence-corrected chi connectivity index (χ3v) is 5.36. The highest BCUT2D eigenvalue weighted by atomic mass is 32.1. The lowest BCUT2D eigenvalue weighted by Gasteiger charge is -2.49. The van der Waals surface area contributed by atoms with Crippen molar-refractivity contribution in [3.05, 3.63) is 16.6 Å². The van der Waals surface area contributed by atoms with Crippen molar-refractivity contribution in [3.8, 4) is 0 Å². The van der Waals surface area contributed by atoms with Gasteiger partial charge in [-0.3, -0.25) is 4.90 Å². The smallest absolute Gasteiger partial charge is 0.107 e. The van der Waals surface area contributed by atoms with Crippen molar-refractivity contribution in [3.63, 3.8) is 0 Å². The van der Waals surface area contributed by atoms with Gasteiger partial charge in [0.15, 0.2) is 0 Å². The van der Waals surface area contributed by atoms with E-state index < -0.39 is 0 Å². The van der Waals surface area contributed by atoms with Gasteiger partial charge in [-0.15, -0.1) is 11.3 Å². The second-order valence-corrected chi connectivity index (χ2v) is 6.58. The molecule has 1 aliphatic heterocycles. The van der Waals surface area contributed by atoms with Crippen molar-refractivity contribution in [1.29, 1.82) is 0 Å². The van der Waals surface area contributed by atoms with Crippen LogP contribution in [-0.2, 0) is 6.54 Å². The Morgan fingerprint density at radius 2 is 2.21 bits per heavy atom. The fourth-order valence-electron chi connectivity index (χ4n) is 3.19. The van der Waals surface area contributed by atoms with Crippen molar-refractivity contribution in [2.75, 3.05) is 13.1 Å². The summed E-state index contributed by atoms with van der Waals surface area (Å²) in [6.45, 7) is 10.2. The summed E-state index contributed by atoms with van der Waals surface area (Å²) in [5.41, 5.74) is 0.315. The van der Waals surface area contributed by atoms with E-state index in [-0.39, 0.29) is 0 Å². The van der Waals surface area contributed by atoms with Crippen LogP contribution in [0.2, 0.25) is 0 Å². The minimum Gasteiger partial charge on any atom is -0.311 e. The second-order valence-electron chi connectivity index (χ2n) is 5.60. The van der Waals surface area contributed by atoms with Gasteiger partial charge in [0.1, 0.15) is 5.01 Å². The molecule has 0 aliphatic carbocycles. The van der Waals surface area contributed by atoms with E-state index in [4.69, 9.17) is 0 Å². The van der Waals surface area contributed by atoms with Gasteiger partial charge in [0.25, 0.3) is 0 Å². The quantitative estimate of drug-likeness (QED) is 0.867. The van der Waals surface area contributed by atoms with Crippen LogP contribution in [0.15, 0.2) is 11.6 Å². The summed E-state index contributed by atoms with van der Waals surface area (Å²) in [6, 6.07) is 0.649. The Kier molecular flexibility index (Phi) is 5.37. The Labute approximate surface area is 121 Å². The first-order chi connectivity index (χ1) is 9.24. The van der Waals surface area contributed by atoms with Crippen LogP contribution in [0.4, 0.5) is 0 Å². The number of hydrogen-bond acceptors (Lipinski definition) is 4. The lowest BCUT2D eigenvalue weighted by atomic mass is 9.86. The average molecular weight is 281 g/mol. The van der Waals surface area contributed by atoms with Crippen LogP contribution in [0.5, 0.6) is 0 Å². The molecule has 2 heterocycles. The predicted octanol–water partition coefficient (Wildman–Crippen LogP) is 3.28. The SMILES string of the molecule is CCCC1CN(Cc2nccs2)C(CC)(CC)CN1. The Hall–Kier alpha value is -0.450. The fraction of sp³-hybridized carbons (Fsp3) is 0.800. The predicted molar refractivity (Wildman–Crippen MR) is 82.5 cm³/mol. The zero-order chi connectivity index (χ0) is 13.7. The largest absolute Gasteiger partial charge is 0.311 e. The molecule has 1 fully saturated rings. The van der Waals surface area contributed by atoms with Gasteiger partial charge in [-0.1, -0.05) is 27.2 Å². The highest BCUT2D eigenvalue weighted by Crippen LogP contribution is 2.29. The summed E-state index contributed by atoms with van der Waals surface area (Å²) in [6.07, 6.45) is 6.87. The van der Waals surface area contributed by atoms with Crippen molar-refractivity contribution in [2.45, 2.75) is 64.6 Å². The standard InChI is InChI=1S/C15H27N3S/c1-4-7-13-10-18(11-14-16-8-9-19-14)15(5-2,6-3)12-17-13/h8-9,13,17H,4-7,10-12H2,1-3H3. The molecule has 1 saturated heterocycles. The molecule has 1 unspecified atom stereocenters. The molecule has 0 radical (unpaired) electrons. The lowest BCUT2D eigenvalue weighted by molar-refractivity contribution is 0.0227. The molecular formula is C15H27N3S. The van der Waals surface area contributed by atoms with E-state index in [9.17, 15) is 0 Å². The monoisotopic (exact) mass is 281 g/mol. The van der Waals surface area contributed by atoms with E-state index in [1.807, 2.05) is 6.20 Å². The first-order valence-electron chi connectivity index (χ1n) is 7.61. The van der Waals surface area contributed by atoms with Gasteiger partial charge < -0.3 is 5.32 Å². The van der Waals surface area contributed by atoms with Crippen molar-refractivity contribution < 1.29 is 0 Å². The van der Waals surface area contributed by atoms with Crippen molar-refractivity contribution in [2.24, 2.45) is 0 Å². The van der Waals surface area contributed by atoms with E-state index in [1.165, 1.54) is 30.7 Å². The zero-order valence-corrected chi connectivity index (χ0v) is 13.3. The molecule has 0 bridgehead atoms. The molecule has 2 rings (SSSR count). The van der Waals surface area contributed by atoms with Crippen LogP contribution in [0, 0.1) is 0 Å². The van der Waals surface area contributed by atoms with Gasteiger partial charge in [-0.2, -0.15) is 0 Å². The Balaban J connectivity index is 2.10. The Morgan fingerprint density at radius 3 is 2.79 bits per heavy atom. The maximum absolute atomic E-state index is 4.47. The van der Waals surface area contributed by atoms with Crippen molar-refractivity contribution >= 4 is 11.3 Å². The molecule has 1 N–H and O–H groups in total. The summed E-state index contributed by atoms with van der Waals surface area (Å²) in [4.78, 5) is 7.16. The van der Waals surface area contributed by atoms with Crippen LogP contribution < -0.4 is 5.32 Å². The van der Waals surface area contributed by atoms with Crippen LogP contribution in [0.25, 0.3) is 0 Å². The minimum atomic E-state index is 0.315. The van der Waals surface area contributed by atoms with Gasteiger partial charge >= 0.3 is 0 Å². The van der Waals surface area contributed by atoms with Crippen LogP contribution in [0.3, 0.4) is 0 Å². The molecule has 4 heteroatoms. The first-order valence-corrected chi connectivity index (χ1v) is 8.48. The molecule has 1 atom stereocenters. The van der Waals surface area contributed by atoms with Gasteiger partial charge in [0.2, 0.25) is 0 Å². The highest BCUT2D eigenvalue weighted by molar-refractivity contribution is 7.09. The van der Waals surface area contributed by atoms with E-state index in [1.54, 1.807) is 11.3 Å². The molecule has 0 saturated carbocycles. The molecule has 19 heavy (non-hydrogen) atoms. The summed E-state index contributed by atoms with van der Waals surface area (Å²) in [5.74, 6) is 0. The van der Waals surface area contributed by atoms with Crippen LogP contribution in [-0.4, -0.2) is 34.6 Å². The molecular weight excluding hydrogens is 254 g/mol. The van der Waals surface area contributed by atoms with Gasteiger partial charge in [-0.25, -0.2) is 4.98 Å². The van der Waals surface area contributed by atoms with Crippen LogP contribution >= 0.6 is 11.3 Å². The van der Waals surface area contributed by atoms with Crippen molar-refractivity contribution in [1.82, 2.24) is 15.2 Å². The Morgan fingerprint density at radius 1 is 1.42 bits per heavy atom. The highest BCUT2D eigenvalue weighted by Gasteiger charge is 2.38. The van der Waals surface area contributed by atoms with E-state index in [2.05, 4.69) is 41.4 Å². The number of aromatic nitrogens is 1. The molecule has 1 aromatic rings. The Bertz CT molecular complexity index is 359. The fourth-order valence-corrected chi connectivity index (χ4v) is 3.82. The molecule has 1 aliphatic rings. The summed E-state index contributed by atoms with van der Waals surface area (Å²) >= 11 is 1.78. The topological polar surface area (TPSA) is 28.2 Å². The number of piperazine rings is 1. The molecule has 108 valence electrons. The first kappa shape index (κ1) is 14.9. The molecule has 0 amide bonds. The number of thiazole rings is 1. The molecule has 0 spiro atoms. The van der Waals surface area contributed by atoms with E-state index in [0.29, 0.717) is 11.6 Å². The van der Waals surface area contributed by atoms with Gasteiger partial charge in [-0.05, 0) is 19.3 Å². The maximum Gasteiger partial charge on any atom is 0.107 e. The number of rotatable bonds is 6. The normalized spacial score (nSPS) is 23.6. The molecule has 3 nitrogen and oxygen atoms in total. The number of hydrogen-bond donors (Lipinski definition) is 1. The third kappa shape index (κ3) is 3.36. The van der Waals surface area contributed by atoms with Gasteiger partial charge in [0.05, 0.1) is 6.54 Å². The second kappa shape index (κ2) is 6.82. The number of nitrogens with one attached hydrogen (secondary N) is 1. The minimum absolute atomic E-state index is 0.315. The van der Waals surface area contributed by atoms with Crippen LogP contribution in [0.1, 0.15) is 51.5 Å². The maximum atomic E-state index is 4.47. The number of nitrogens with zero attached hydrogens (tertiary/aromatic N) is 2. The summed E-state index contributed by atoms with van der Waals surface area (Å²) in [5, 5.41) is 7.10. The molecule has 1 aromatic heterocycles. The third-order valence-electron chi connectivity index (χ3n) is 4.59. The zero-order valence-electron chi connectivity index (χ0n) is 12.5. The van der Waals surface area contributed by atoms with E-state index >= 15 is 0 Å². The lowest BCUT2D eigenvalue weighted by Crippen LogP contribution is -2.63.